The van der Waals surface area contributed by atoms with Crippen molar-refractivity contribution >= 4 is 17.4 Å². The summed E-state index contributed by atoms with van der Waals surface area (Å²) in [4.78, 5) is 9.36. The molecule has 2 saturated carbocycles. The molecular formula is C36H62F2N4O4S. The SMILES string of the molecule is CC.CC1CC(OCCO)[C@@H](CO)[C@H]1O.CCCC.CCCSc1nc(C)c(NNC)c(CCC[C@@H]2CC2c2ccc(F)c(F)c2)n1. The maximum absolute atomic E-state index is 13.4. The Morgan fingerprint density at radius 1 is 1.02 bits per heavy atom. The summed E-state index contributed by atoms with van der Waals surface area (Å²) < 4.78 is 31.9. The fourth-order valence-electron chi connectivity index (χ4n) is 5.52. The van der Waals surface area contributed by atoms with Crippen molar-refractivity contribution in [3.63, 3.8) is 0 Å². The van der Waals surface area contributed by atoms with Gasteiger partial charge in [-0.05, 0) is 80.9 Å². The van der Waals surface area contributed by atoms with Crippen molar-refractivity contribution in [1.29, 1.82) is 0 Å². The van der Waals surface area contributed by atoms with E-state index in [1.54, 1.807) is 17.8 Å². The molecule has 4 rings (SSSR count). The molecule has 47 heavy (non-hydrogen) atoms. The average Bonchev–Trinajstić information content (AvgIpc) is 3.80. The van der Waals surface area contributed by atoms with E-state index in [4.69, 9.17) is 19.9 Å². The number of hydrogen-bond acceptors (Lipinski definition) is 9. The highest BCUT2D eigenvalue weighted by atomic mass is 32.2. The first-order valence-corrected chi connectivity index (χ1v) is 18.5. The van der Waals surface area contributed by atoms with Crippen molar-refractivity contribution in [2.45, 2.75) is 123 Å². The van der Waals surface area contributed by atoms with Gasteiger partial charge in [-0.1, -0.05) is 72.2 Å². The van der Waals surface area contributed by atoms with Gasteiger partial charge in [0.15, 0.2) is 16.8 Å². The van der Waals surface area contributed by atoms with E-state index in [9.17, 15) is 13.9 Å². The van der Waals surface area contributed by atoms with E-state index in [0.29, 0.717) is 11.8 Å². The Labute approximate surface area is 286 Å². The molecule has 270 valence electrons. The van der Waals surface area contributed by atoms with Gasteiger partial charge in [0.1, 0.15) is 0 Å². The summed E-state index contributed by atoms with van der Waals surface area (Å²) in [6.45, 7) is 14.7. The average molecular weight is 685 g/mol. The van der Waals surface area contributed by atoms with E-state index in [1.165, 1.54) is 25.0 Å². The number of unbranched alkanes of at least 4 members (excludes halogenated alkanes) is 1. The molecule has 2 aliphatic rings. The summed E-state index contributed by atoms with van der Waals surface area (Å²) in [6, 6.07) is 4.29. The zero-order valence-corrected chi connectivity index (χ0v) is 30.8. The van der Waals surface area contributed by atoms with Gasteiger partial charge in [-0.15, -0.1) is 0 Å². The van der Waals surface area contributed by atoms with Crippen LogP contribution in [0.4, 0.5) is 14.5 Å². The van der Waals surface area contributed by atoms with E-state index < -0.39 is 17.7 Å². The van der Waals surface area contributed by atoms with Gasteiger partial charge in [-0.25, -0.2) is 24.2 Å². The highest BCUT2D eigenvalue weighted by molar-refractivity contribution is 7.99. The number of nitrogens with one attached hydrogen (secondary N) is 2. The number of aryl methyl sites for hydroxylation is 2. The summed E-state index contributed by atoms with van der Waals surface area (Å²) in [7, 11) is 1.83. The molecule has 2 aliphatic carbocycles. The molecule has 3 unspecified atom stereocenters. The fourth-order valence-corrected chi connectivity index (χ4v) is 6.29. The summed E-state index contributed by atoms with van der Waals surface area (Å²) in [6.07, 6.45) is 7.89. The molecule has 2 fully saturated rings. The number of anilines is 1. The van der Waals surface area contributed by atoms with Gasteiger partial charge >= 0.3 is 0 Å². The van der Waals surface area contributed by atoms with Gasteiger partial charge in [0.25, 0.3) is 0 Å². The highest BCUT2D eigenvalue weighted by Crippen LogP contribution is 2.50. The first kappa shape index (κ1) is 43.1. The first-order valence-electron chi connectivity index (χ1n) is 17.5. The third kappa shape index (κ3) is 14.6. The third-order valence-corrected chi connectivity index (χ3v) is 9.40. The zero-order valence-electron chi connectivity index (χ0n) is 30.0. The Kier molecular flexibility index (Phi) is 22.3. The van der Waals surface area contributed by atoms with Crippen LogP contribution in [0.5, 0.6) is 0 Å². The number of thioether (sulfide) groups is 1. The molecule has 8 nitrogen and oxygen atoms in total. The molecule has 0 spiro atoms. The van der Waals surface area contributed by atoms with Gasteiger partial charge in [0.05, 0.1) is 49.1 Å². The van der Waals surface area contributed by atoms with Gasteiger partial charge in [0, 0.05) is 18.7 Å². The Hall–Kier alpha value is -1.89. The van der Waals surface area contributed by atoms with Crippen molar-refractivity contribution in [3.8, 4) is 0 Å². The number of benzene rings is 1. The molecule has 0 aliphatic heterocycles. The molecule has 0 radical (unpaired) electrons. The van der Waals surface area contributed by atoms with Gasteiger partial charge < -0.3 is 25.5 Å². The number of hydrazine groups is 1. The van der Waals surface area contributed by atoms with E-state index in [1.807, 2.05) is 34.7 Å². The van der Waals surface area contributed by atoms with Crippen LogP contribution in [-0.4, -0.2) is 70.1 Å². The number of rotatable bonds is 15. The Bertz CT molecular complexity index is 1130. The van der Waals surface area contributed by atoms with Gasteiger partial charge in [-0.3, -0.25) is 0 Å². The molecule has 6 atom stereocenters. The van der Waals surface area contributed by atoms with E-state index in [0.717, 1.165) is 72.1 Å². The number of aromatic nitrogens is 2. The number of nitrogens with zero attached hydrogens (tertiary/aromatic N) is 2. The number of aliphatic hydroxyl groups excluding tert-OH is 3. The zero-order chi connectivity index (χ0) is 35.4. The fraction of sp³-hybridized carbons (Fsp3) is 0.722. The third-order valence-electron chi connectivity index (χ3n) is 8.35. The second kappa shape index (κ2) is 24.3. The predicted molar refractivity (Wildman–Crippen MR) is 190 cm³/mol. The monoisotopic (exact) mass is 684 g/mol. The summed E-state index contributed by atoms with van der Waals surface area (Å²) in [5.74, 6) is 0.355. The molecule has 1 aromatic carbocycles. The normalized spacial score (nSPS) is 22.7. The minimum absolute atomic E-state index is 0.0148. The number of ether oxygens (including phenoxy) is 1. The van der Waals surface area contributed by atoms with Crippen LogP contribution in [0.3, 0.4) is 0 Å². The van der Waals surface area contributed by atoms with Crippen LogP contribution in [0.1, 0.15) is 109 Å². The summed E-state index contributed by atoms with van der Waals surface area (Å²) >= 11 is 1.69. The molecule has 1 heterocycles. The lowest BCUT2D eigenvalue weighted by Crippen LogP contribution is -2.30. The van der Waals surface area contributed by atoms with E-state index >= 15 is 0 Å². The standard InChI is InChI=1S/C21H28F2N4S.C9H18O4.C4H10.C2H6/c1-4-10-28-21-25-13(2)20(27-24-3)19(26-21)7-5-6-14-11-16(14)15-8-9-17(22)18(23)12-15;1-6-4-8(13-3-2-10)7(5-11)9(6)12;1-3-4-2;1-2/h8-9,12,14,16,24,27H,4-7,10-11H2,1-3H3;6-12H,2-5H2,1H3;3-4H2,1-2H3;1-2H3/t14-,16?;6?,7-,8?,9+;;/m11../s1. The van der Waals surface area contributed by atoms with Crippen LogP contribution in [0, 0.1) is 36.3 Å². The van der Waals surface area contributed by atoms with Crippen LogP contribution in [0.25, 0.3) is 0 Å². The second-order valence-electron chi connectivity index (χ2n) is 12.0. The molecule has 0 bridgehead atoms. The lowest BCUT2D eigenvalue weighted by atomic mass is 10.0. The Balaban J connectivity index is 0.000000483. The van der Waals surface area contributed by atoms with Crippen LogP contribution >= 0.6 is 11.8 Å². The van der Waals surface area contributed by atoms with Crippen LogP contribution in [0.2, 0.25) is 0 Å². The molecular weight excluding hydrogens is 622 g/mol. The highest BCUT2D eigenvalue weighted by Gasteiger charge is 2.40. The van der Waals surface area contributed by atoms with Gasteiger partial charge in [-0.2, -0.15) is 0 Å². The molecule has 5 N–H and O–H groups in total. The van der Waals surface area contributed by atoms with Crippen molar-refractivity contribution in [2.24, 2.45) is 17.8 Å². The molecule has 1 aromatic heterocycles. The number of halogens is 2. The predicted octanol–water partition coefficient (Wildman–Crippen LogP) is 7.44. The minimum Gasteiger partial charge on any atom is -0.396 e. The maximum Gasteiger partial charge on any atom is 0.188 e. The Morgan fingerprint density at radius 2 is 1.72 bits per heavy atom. The largest absolute Gasteiger partial charge is 0.396 e. The quantitative estimate of drug-likeness (QED) is 0.0741. The topological polar surface area (TPSA) is 120 Å². The van der Waals surface area contributed by atoms with E-state index in [2.05, 4.69) is 36.6 Å². The van der Waals surface area contributed by atoms with E-state index in [-0.39, 0.29) is 37.8 Å². The lowest BCUT2D eigenvalue weighted by Gasteiger charge is -2.19. The second-order valence-corrected chi connectivity index (χ2v) is 13.0. The molecule has 0 amide bonds. The molecule has 0 saturated heterocycles. The minimum atomic E-state index is -0.776. The van der Waals surface area contributed by atoms with Crippen LogP contribution in [-0.2, 0) is 11.2 Å². The Morgan fingerprint density at radius 3 is 2.30 bits per heavy atom. The smallest absolute Gasteiger partial charge is 0.188 e. The molecule has 11 heteroatoms. The number of hydrogen-bond donors (Lipinski definition) is 5. The maximum atomic E-state index is 13.4. The van der Waals surface area contributed by atoms with Gasteiger partial charge in [0.2, 0.25) is 0 Å². The first-order chi connectivity index (χ1) is 22.6. The van der Waals surface area contributed by atoms with Crippen molar-refractivity contribution in [2.75, 3.05) is 38.0 Å². The lowest BCUT2D eigenvalue weighted by molar-refractivity contribution is -0.0305. The van der Waals surface area contributed by atoms with Crippen molar-refractivity contribution in [1.82, 2.24) is 15.4 Å². The van der Waals surface area contributed by atoms with Crippen LogP contribution in [0.15, 0.2) is 23.4 Å². The number of aliphatic hydroxyl groups is 3. The summed E-state index contributed by atoms with van der Waals surface area (Å²) in [5, 5.41) is 28.0. The van der Waals surface area contributed by atoms with Crippen LogP contribution < -0.4 is 10.9 Å². The van der Waals surface area contributed by atoms with Crippen molar-refractivity contribution < 1.29 is 28.8 Å². The van der Waals surface area contributed by atoms with Crippen molar-refractivity contribution in [3.05, 3.63) is 46.8 Å². The molecule has 2 aromatic rings. The summed E-state index contributed by atoms with van der Waals surface area (Å²) in [5.41, 5.74) is 9.99.